The summed E-state index contributed by atoms with van der Waals surface area (Å²) in [7, 11) is 0. The summed E-state index contributed by atoms with van der Waals surface area (Å²) in [5, 5.41) is 2.87. The zero-order chi connectivity index (χ0) is 12.3. The van der Waals surface area contributed by atoms with Crippen molar-refractivity contribution in [3.63, 3.8) is 0 Å². The molecule has 1 saturated heterocycles. The van der Waals surface area contributed by atoms with E-state index < -0.39 is 6.09 Å². The first kappa shape index (κ1) is 12.0. The molecule has 17 heavy (non-hydrogen) atoms. The molecule has 0 saturated carbocycles. The highest BCUT2D eigenvalue weighted by atomic mass is 79.9. The number of pyridine rings is 1. The molecule has 0 bridgehead atoms. The second-order valence-corrected chi connectivity index (χ2v) is 4.32. The van der Waals surface area contributed by atoms with Crippen LogP contribution in [0.3, 0.4) is 0 Å². The van der Waals surface area contributed by atoms with E-state index in [4.69, 9.17) is 4.74 Å². The Morgan fingerprint density at radius 3 is 3.00 bits per heavy atom. The quantitative estimate of drug-likeness (QED) is 0.829. The summed E-state index contributed by atoms with van der Waals surface area (Å²) < 4.78 is 5.77. The predicted octanol–water partition coefficient (Wildman–Crippen LogP) is 0.775. The third-order valence-electron chi connectivity index (χ3n) is 2.20. The van der Waals surface area contributed by atoms with E-state index in [1.54, 1.807) is 12.1 Å². The smallest absolute Gasteiger partial charge is 0.391 e. The van der Waals surface area contributed by atoms with E-state index in [0.29, 0.717) is 13.1 Å². The van der Waals surface area contributed by atoms with Gasteiger partial charge in [-0.05, 0) is 22.0 Å². The highest BCUT2D eigenvalue weighted by molar-refractivity contribution is 9.10. The van der Waals surface area contributed by atoms with Gasteiger partial charge >= 0.3 is 6.09 Å². The molecule has 6 nitrogen and oxygen atoms in total. The van der Waals surface area contributed by atoms with Crippen LogP contribution in [0.25, 0.3) is 0 Å². The van der Waals surface area contributed by atoms with Crippen molar-refractivity contribution in [2.24, 2.45) is 0 Å². The number of amides is 2. The lowest BCUT2D eigenvalue weighted by Gasteiger charge is -2.24. The van der Waals surface area contributed by atoms with Crippen LogP contribution in [0.2, 0.25) is 0 Å². The first-order valence-electron chi connectivity index (χ1n) is 5.01. The second kappa shape index (κ2) is 5.24. The third-order valence-corrected chi connectivity index (χ3v) is 2.67. The number of halogens is 1. The van der Waals surface area contributed by atoms with Gasteiger partial charge in [0.1, 0.15) is 0 Å². The fraction of sp³-hybridized carbons (Fsp3) is 0.300. The number of hydrogen-bond acceptors (Lipinski definition) is 5. The summed E-state index contributed by atoms with van der Waals surface area (Å²) in [4.78, 5) is 28.0. The first-order chi connectivity index (χ1) is 8.16. The van der Waals surface area contributed by atoms with Crippen molar-refractivity contribution in [1.29, 1.82) is 0 Å². The van der Waals surface area contributed by atoms with Gasteiger partial charge in [0.2, 0.25) is 11.8 Å². The summed E-state index contributed by atoms with van der Waals surface area (Å²) in [6.07, 6.45) is 0.827. The van der Waals surface area contributed by atoms with Crippen molar-refractivity contribution >= 4 is 27.9 Å². The monoisotopic (exact) mass is 299 g/mol. The summed E-state index contributed by atoms with van der Waals surface area (Å²) in [6, 6.07) is 3.25. The number of hydrogen-bond donors (Lipinski definition) is 1. The molecule has 1 N–H and O–H groups in total. The van der Waals surface area contributed by atoms with Crippen molar-refractivity contribution < 1.29 is 14.3 Å². The van der Waals surface area contributed by atoms with Gasteiger partial charge in [-0.2, -0.15) is 0 Å². The largest absolute Gasteiger partial charge is 0.423 e. The lowest BCUT2D eigenvalue weighted by molar-refractivity contribution is -0.129. The molecule has 1 aliphatic heterocycles. The molecule has 2 rings (SSSR count). The number of rotatable bonds is 1. The summed E-state index contributed by atoms with van der Waals surface area (Å²) in [6.45, 7) is 1.05. The van der Waals surface area contributed by atoms with Gasteiger partial charge in [-0.25, -0.2) is 14.7 Å². The Morgan fingerprint density at radius 2 is 2.35 bits per heavy atom. The zero-order valence-corrected chi connectivity index (χ0v) is 10.4. The highest BCUT2D eigenvalue weighted by Gasteiger charge is 2.26. The summed E-state index contributed by atoms with van der Waals surface area (Å²) in [5.74, 6) is -0.122. The molecule has 0 spiro atoms. The van der Waals surface area contributed by atoms with Gasteiger partial charge in [-0.3, -0.25) is 4.79 Å². The number of aromatic nitrogens is 1. The molecule has 1 aliphatic rings. The van der Waals surface area contributed by atoms with E-state index >= 15 is 0 Å². The molecule has 1 aromatic heterocycles. The Labute approximate surface area is 106 Å². The fourth-order valence-electron chi connectivity index (χ4n) is 1.37. The van der Waals surface area contributed by atoms with Crippen molar-refractivity contribution in [3.8, 4) is 5.88 Å². The molecule has 7 heteroatoms. The minimum atomic E-state index is -0.689. The highest BCUT2D eigenvalue weighted by Crippen LogP contribution is 2.13. The van der Waals surface area contributed by atoms with E-state index in [2.05, 4.69) is 26.2 Å². The Hall–Kier alpha value is -1.47. The molecule has 0 aromatic carbocycles. The molecule has 1 aromatic rings. The van der Waals surface area contributed by atoms with Crippen LogP contribution in [-0.2, 0) is 4.79 Å². The van der Waals surface area contributed by atoms with E-state index in [-0.39, 0.29) is 18.3 Å². The molecule has 0 atom stereocenters. The Bertz CT molecular complexity index is 435. The van der Waals surface area contributed by atoms with Crippen LogP contribution < -0.4 is 10.1 Å². The topological polar surface area (TPSA) is 71.5 Å². The van der Waals surface area contributed by atoms with E-state index in [0.717, 1.165) is 9.37 Å². The maximum absolute atomic E-state index is 11.7. The van der Waals surface area contributed by atoms with Crippen molar-refractivity contribution in [2.75, 3.05) is 19.6 Å². The van der Waals surface area contributed by atoms with Gasteiger partial charge in [0.25, 0.3) is 0 Å². The van der Waals surface area contributed by atoms with E-state index in [1.165, 1.54) is 6.20 Å². The van der Waals surface area contributed by atoms with Gasteiger partial charge in [0.05, 0.1) is 6.54 Å². The van der Waals surface area contributed by atoms with Gasteiger partial charge in [-0.1, -0.05) is 0 Å². The number of piperazine rings is 1. The van der Waals surface area contributed by atoms with Gasteiger partial charge in [0.15, 0.2) is 0 Å². The van der Waals surface area contributed by atoms with Gasteiger partial charge in [0, 0.05) is 29.8 Å². The van der Waals surface area contributed by atoms with Crippen LogP contribution >= 0.6 is 15.9 Å². The Balaban J connectivity index is 2.00. The van der Waals surface area contributed by atoms with Crippen LogP contribution in [0.4, 0.5) is 4.79 Å². The standard InChI is InChI=1S/C10H10BrN3O3/c11-7-1-2-8(13-5-7)17-10(16)14-4-3-12-6-9(14)15/h1-2,5,12H,3-4,6H2. The molecule has 0 unspecified atom stereocenters. The van der Waals surface area contributed by atoms with Crippen molar-refractivity contribution in [1.82, 2.24) is 15.2 Å². The average molecular weight is 300 g/mol. The molecular weight excluding hydrogens is 290 g/mol. The number of carbonyl (C=O) groups is 2. The van der Waals surface area contributed by atoms with E-state index in [1.807, 2.05) is 0 Å². The minimum absolute atomic E-state index is 0.156. The van der Waals surface area contributed by atoms with Crippen LogP contribution in [0.15, 0.2) is 22.8 Å². The summed E-state index contributed by atoms with van der Waals surface area (Å²) in [5.41, 5.74) is 0. The molecule has 0 aliphatic carbocycles. The maximum atomic E-state index is 11.7. The lowest BCUT2D eigenvalue weighted by atomic mass is 10.4. The number of ether oxygens (including phenoxy) is 1. The lowest BCUT2D eigenvalue weighted by Crippen LogP contribution is -2.51. The van der Waals surface area contributed by atoms with Crippen molar-refractivity contribution in [3.05, 3.63) is 22.8 Å². The first-order valence-corrected chi connectivity index (χ1v) is 5.80. The number of imide groups is 1. The van der Waals surface area contributed by atoms with Crippen LogP contribution in [0.5, 0.6) is 5.88 Å². The van der Waals surface area contributed by atoms with Crippen LogP contribution in [-0.4, -0.2) is 41.5 Å². The predicted molar refractivity (Wildman–Crippen MR) is 62.5 cm³/mol. The molecule has 2 amide bonds. The molecule has 0 radical (unpaired) electrons. The normalized spacial score (nSPS) is 15.8. The third kappa shape index (κ3) is 3.01. The Morgan fingerprint density at radius 1 is 1.53 bits per heavy atom. The fourth-order valence-corrected chi connectivity index (χ4v) is 1.60. The zero-order valence-electron chi connectivity index (χ0n) is 8.85. The van der Waals surface area contributed by atoms with Gasteiger partial charge < -0.3 is 10.1 Å². The van der Waals surface area contributed by atoms with Gasteiger partial charge in [-0.15, -0.1) is 0 Å². The molecule has 1 fully saturated rings. The van der Waals surface area contributed by atoms with Crippen LogP contribution in [0.1, 0.15) is 0 Å². The van der Waals surface area contributed by atoms with Crippen molar-refractivity contribution in [2.45, 2.75) is 0 Å². The molecule has 2 heterocycles. The molecular formula is C10H10BrN3O3. The maximum Gasteiger partial charge on any atom is 0.423 e. The second-order valence-electron chi connectivity index (χ2n) is 3.40. The number of carbonyl (C=O) groups excluding carboxylic acids is 2. The average Bonchev–Trinajstić information content (AvgIpc) is 2.32. The number of nitrogens with zero attached hydrogens (tertiary/aromatic N) is 2. The summed E-state index contributed by atoms with van der Waals surface area (Å²) >= 11 is 3.22. The Kier molecular flexibility index (Phi) is 3.70. The van der Waals surface area contributed by atoms with Crippen LogP contribution in [0, 0.1) is 0 Å². The van der Waals surface area contributed by atoms with E-state index in [9.17, 15) is 9.59 Å². The minimum Gasteiger partial charge on any atom is -0.391 e. The molecule has 90 valence electrons. The SMILES string of the molecule is O=C1CNCCN1C(=O)Oc1ccc(Br)cn1. The number of nitrogens with one attached hydrogen (secondary N) is 1.